The predicted octanol–water partition coefficient (Wildman–Crippen LogP) is 4.61. The van der Waals surface area contributed by atoms with Crippen molar-refractivity contribution < 1.29 is 13.5 Å². The van der Waals surface area contributed by atoms with Gasteiger partial charge in [0.2, 0.25) is 0 Å². The van der Waals surface area contributed by atoms with Gasteiger partial charge in [-0.15, -0.1) is 0 Å². The molecule has 0 saturated heterocycles. The van der Waals surface area contributed by atoms with Crippen molar-refractivity contribution in [3.8, 4) is 5.75 Å². The van der Waals surface area contributed by atoms with Crippen molar-refractivity contribution in [3.63, 3.8) is 0 Å². The van der Waals surface area contributed by atoms with E-state index in [0.717, 1.165) is 11.1 Å². The van der Waals surface area contributed by atoms with Gasteiger partial charge in [-0.3, -0.25) is 0 Å². The van der Waals surface area contributed by atoms with Crippen molar-refractivity contribution in [2.24, 2.45) is 0 Å². The highest BCUT2D eigenvalue weighted by Crippen LogP contribution is 2.22. The first-order chi connectivity index (χ1) is 8.56. The number of rotatable bonds is 3. The summed E-state index contributed by atoms with van der Waals surface area (Å²) in [5.74, 6) is -0.160. The van der Waals surface area contributed by atoms with E-state index in [0.29, 0.717) is 10.2 Å². The fourth-order valence-corrected chi connectivity index (χ4v) is 1.95. The Morgan fingerprint density at radius 2 is 1.89 bits per heavy atom. The smallest absolute Gasteiger partial charge is 0.137 e. The van der Waals surface area contributed by atoms with Crippen molar-refractivity contribution in [2.75, 3.05) is 0 Å². The lowest BCUT2D eigenvalue weighted by Crippen LogP contribution is -1.98. The second-order valence-corrected chi connectivity index (χ2v) is 4.80. The highest BCUT2D eigenvalue weighted by atomic mass is 79.9. The van der Waals surface area contributed by atoms with Gasteiger partial charge in [0.1, 0.15) is 24.0 Å². The monoisotopic (exact) mass is 312 g/mol. The van der Waals surface area contributed by atoms with Gasteiger partial charge < -0.3 is 4.74 Å². The lowest BCUT2D eigenvalue weighted by molar-refractivity contribution is 0.302. The molecule has 0 aliphatic heterocycles. The standard InChI is InChI=1S/C14H11BrF2O/c1-9-2-4-11(16)7-14(9)18-8-10-3-5-13(17)12(15)6-10/h2-7H,8H2,1H3. The summed E-state index contributed by atoms with van der Waals surface area (Å²) >= 11 is 3.11. The molecule has 0 radical (unpaired) electrons. The Morgan fingerprint density at radius 3 is 2.61 bits per heavy atom. The molecule has 0 unspecified atom stereocenters. The Hall–Kier alpha value is -1.42. The molecule has 18 heavy (non-hydrogen) atoms. The van der Waals surface area contributed by atoms with Gasteiger partial charge in [-0.1, -0.05) is 12.1 Å². The van der Waals surface area contributed by atoms with E-state index in [-0.39, 0.29) is 18.2 Å². The normalized spacial score (nSPS) is 10.4. The van der Waals surface area contributed by atoms with Crippen molar-refractivity contribution in [3.05, 3.63) is 63.6 Å². The van der Waals surface area contributed by atoms with E-state index in [1.54, 1.807) is 18.2 Å². The fourth-order valence-electron chi connectivity index (χ4n) is 1.52. The van der Waals surface area contributed by atoms with Gasteiger partial charge in [0.25, 0.3) is 0 Å². The van der Waals surface area contributed by atoms with E-state index in [9.17, 15) is 8.78 Å². The Kier molecular flexibility index (Phi) is 3.97. The van der Waals surface area contributed by atoms with Crippen LogP contribution in [-0.4, -0.2) is 0 Å². The number of hydrogen-bond acceptors (Lipinski definition) is 1. The molecule has 0 N–H and O–H groups in total. The molecule has 0 atom stereocenters. The van der Waals surface area contributed by atoms with Gasteiger partial charge in [0.05, 0.1) is 4.47 Å². The molecule has 0 spiro atoms. The SMILES string of the molecule is Cc1ccc(F)cc1OCc1ccc(F)c(Br)c1. The Bertz CT molecular complexity index is 570. The minimum Gasteiger partial charge on any atom is -0.489 e. The molecule has 2 aromatic rings. The van der Waals surface area contributed by atoms with Crippen LogP contribution >= 0.6 is 15.9 Å². The largest absolute Gasteiger partial charge is 0.489 e. The highest BCUT2D eigenvalue weighted by Gasteiger charge is 2.04. The quantitative estimate of drug-likeness (QED) is 0.804. The molecule has 4 heteroatoms. The number of aryl methyl sites for hydroxylation is 1. The lowest BCUT2D eigenvalue weighted by atomic mass is 10.2. The van der Waals surface area contributed by atoms with E-state index in [1.807, 2.05) is 6.92 Å². The van der Waals surface area contributed by atoms with Crippen LogP contribution in [0.15, 0.2) is 40.9 Å². The van der Waals surface area contributed by atoms with E-state index in [4.69, 9.17) is 4.74 Å². The highest BCUT2D eigenvalue weighted by molar-refractivity contribution is 9.10. The lowest BCUT2D eigenvalue weighted by Gasteiger charge is -2.09. The summed E-state index contributed by atoms with van der Waals surface area (Å²) < 4.78 is 32.0. The van der Waals surface area contributed by atoms with Gasteiger partial charge in [0, 0.05) is 6.07 Å². The predicted molar refractivity (Wildman–Crippen MR) is 69.6 cm³/mol. The zero-order valence-electron chi connectivity index (χ0n) is 9.71. The third-order valence-corrected chi connectivity index (χ3v) is 3.14. The number of hydrogen-bond donors (Lipinski definition) is 0. The minimum atomic E-state index is -0.337. The number of halogens is 3. The van der Waals surface area contributed by atoms with Crippen molar-refractivity contribution in [1.29, 1.82) is 0 Å². The molecule has 2 aromatic carbocycles. The van der Waals surface area contributed by atoms with Crippen LogP contribution in [0.1, 0.15) is 11.1 Å². The molecule has 2 rings (SSSR count). The minimum absolute atomic E-state index is 0.267. The average Bonchev–Trinajstić information content (AvgIpc) is 2.34. The van der Waals surface area contributed by atoms with Gasteiger partial charge in [-0.25, -0.2) is 8.78 Å². The molecule has 0 aliphatic carbocycles. The Balaban J connectivity index is 2.11. The van der Waals surface area contributed by atoms with Crippen LogP contribution in [0, 0.1) is 18.6 Å². The van der Waals surface area contributed by atoms with Crippen molar-refractivity contribution in [1.82, 2.24) is 0 Å². The summed E-state index contributed by atoms with van der Waals surface area (Å²) in [5, 5.41) is 0. The molecule has 0 fully saturated rings. The third-order valence-electron chi connectivity index (χ3n) is 2.53. The van der Waals surface area contributed by atoms with Crippen molar-refractivity contribution in [2.45, 2.75) is 13.5 Å². The summed E-state index contributed by atoms with van der Waals surface area (Å²) in [6.45, 7) is 2.11. The third kappa shape index (κ3) is 3.07. The first-order valence-corrected chi connectivity index (χ1v) is 6.18. The van der Waals surface area contributed by atoms with E-state index < -0.39 is 0 Å². The molecule has 0 amide bonds. The van der Waals surface area contributed by atoms with Crippen LogP contribution < -0.4 is 4.74 Å². The fraction of sp³-hybridized carbons (Fsp3) is 0.143. The van der Waals surface area contributed by atoms with Crippen LogP contribution in [0.25, 0.3) is 0 Å². The zero-order valence-corrected chi connectivity index (χ0v) is 11.3. The van der Waals surface area contributed by atoms with Crippen LogP contribution in [0.4, 0.5) is 8.78 Å². The summed E-state index contributed by atoms with van der Waals surface area (Å²) in [6, 6.07) is 9.02. The van der Waals surface area contributed by atoms with E-state index in [2.05, 4.69) is 15.9 Å². The van der Waals surface area contributed by atoms with Crippen LogP contribution in [0.3, 0.4) is 0 Å². The van der Waals surface area contributed by atoms with E-state index in [1.165, 1.54) is 18.2 Å². The molecular formula is C14H11BrF2O. The van der Waals surface area contributed by atoms with Gasteiger partial charge in [-0.05, 0) is 52.2 Å². The molecular weight excluding hydrogens is 302 g/mol. The zero-order chi connectivity index (χ0) is 13.1. The maximum absolute atomic E-state index is 13.1. The van der Waals surface area contributed by atoms with E-state index >= 15 is 0 Å². The summed E-state index contributed by atoms with van der Waals surface area (Å²) in [5.41, 5.74) is 1.67. The molecule has 94 valence electrons. The number of ether oxygens (including phenoxy) is 1. The summed E-state index contributed by atoms with van der Waals surface area (Å²) in [4.78, 5) is 0. The first kappa shape index (κ1) is 13.0. The topological polar surface area (TPSA) is 9.23 Å². The molecule has 0 aliphatic rings. The second kappa shape index (κ2) is 5.48. The second-order valence-electron chi connectivity index (χ2n) is 3.95. The Labute approximate surface area is 113 Å². The molecule has 0 bridgehead atoms. The van der Waals surface area contributed by atoms with Gasteiger partial charge in [-0.2, -0.15) is 0 Å². The molecule has 1 nitrogen and oxygen atoms in total. The first-order valence-electron chi connectivity index (χ1n) is 5.39. The maximum atomic E-state index is 13.1. The maximum Gasteiger partial charge on any atom is 0.137 e. The molecule has 0 saturated carbocycles. The van der Waals surface area contributed by atoms with Crippen LogP contribution in [-0.2, 0) is 6.61 Å². The van der Waals surface area contributed by atoms with Crippen LogP contribution in [0.2, 0.25) is 0 Å². The van der Waals surface area contributed by atoms with Gasteiger partial charge in [0.15, 0.2) is 0 Å². The summed E-state index contributed by atoms with van der Waals surface area (Å²) in [7, 11) is 0. The number of benzene rings is 2. The van der Waals surface area contributed by atoms with Crippen molar-refractivity contribution >= 4 is 15.9 Å². The Morgan fingerprint density at radius 1 is 1.11 bits per heavy atom. The van der Waals surface area contributed by atoms with Gasteiger partial charge >= 0.3 is 0 Å². The molecule has 0 aromatic heterocycles. The van der Waals surface area contributed by atoms with Crippen LogP contribution in [0.5, 0.6) is 5.75 Å². The summed E-state index contributed by atoms with van der Waals surface area (Å²) in [6.07, 6.45) is 0. The molecule has 0 heterocycles. The average molecular weight is 313 g/mol.